The molecule has 5 heteroatoms. The second-order valence-electron chi connectivity index (χ2n) is 11.0. The minimum absolute atomic E-state index is 0.162. The van der Waals surface area contributed by atoms with Gasteiger partial charge in [0.15, 0.2) is 0 Å². The lowest BCUT2D eigenvalue weighted by molar-refractivity contribution is -0.124. The van der Waals surface area contributed by atoms with Crippen molar-refractivity contribution in [3.8, 4) is 0 Å². The molecule has 0 aromatic heterocycles. The average Bonchev–Trinajstić information content (AvgIpc) is 2.92. The van der Waals surface area contributed by atoms with Crippen molar-refractivity contribution < 1.29 is 20.1 Å². The van der Waals surface area contributed by atoms with Gasteiger partial charge in [-0.15, -0.1) is 0 Å². The van der Waals surface area contributed by atoms with Crippen molar-refractivity contribution in [2.75, 3.05) is 6.61 Å². The lowest BCUT2D eigenvalue weighted by atomic mass is 10.0. The van der Waals surface area contributed by atoms with Gasteiger partial charge in [-0.05, 0) is 45.4 Å². The molecule has 224 valence electrons. The average molecular weight is 538 g/mol. The largest absolute Gasteiger partial charge is 0.394 e. The molecule has 0 saturated carbocycles. The van der Waals surface area contributed by atoms with E-state index in [9.17, 15) is 20.1 Å². The SMILES string of the molecule is C/C=C/CC/C=C/CCCC(O)C(O)C(CO)NC(=O)CCCCCCCCCCCCCCCCCC. The third-order valence-corrected chi connectivity index (χ3v) is 7.38. The van der Waals surface area contributed by atoms with Crippen LogP contribution in [0.3, 0.4) is 0 Å². The Hall–Kier alpha value is -1.17. The highest BCUT2D eigenvalue weighted by Crippen LogP contribution is 2.14. The van der Waals surface area contributed by atoms with Crippen LogP contribution in [0.25, 0.3) is 0 Å². The van der Waals surface area contributed by atoms with Crippen molar-refractivity contribution in [2.24, 2.45) is 0 Å². The summed E-state index contributed by atoms with van der Waals surface area (Å²) in [6.07, 6.45) is 31.5. The van der Waals surface area contributed by atoms with Gasteiger partial charge >= 0.3 is 0 Å². The number of hydrogen-bond acceptors (Lipinski definition) is 4. The van der Waals surface area contributed by atoms with E-state index in [1.807, 2.05) is 13.0 Å². The Morgan fingerprint density at radius 1 is 0.684 bits per heavy atom. The molecule has 0 aliphatic heterocycles. The van der Waals surface area contributed by atoms with E-state index >= 15 is 0 Å². The van der Waals surface area contributed by atoms with Crippen LogP contribution < -0.4 is 5.32 Å². The van der Waals surface area contributed by atoms with E-state index in [-0.39, 0.29) is 12.5 Å². The number of nitrogens with one attached hydrogen (secondary N) is 1. The molecule has 0 aliphatic carbocycles. The topological polar surface area (TPSA) is 89.8 Å². The number of aliphatic hydroxyl groups excluding tert-OH is 3. The van der Waals surface area contributed by atoms with Gasteiger partial charge in [0.1, 0.15) is 6.10 Å². The predicted octanol–water partition coefficient (Wildman–Crippen LogP) is 7.92. The molecule has 0 heterocycles. The number of unbranched alkanes of at least 4 members (excludes halogenated alkanes) is 17. The van der Waals surface area contributed by atoms with Crippen molar-refractivity contribution in [1.82, 2.24) is 5.32 Å². The van der Waals surface area contributed by atoms with Crippen LogP contribution in [0.2, 0.25) is 0 Å². The van der Waals surface area contributed by atoms with Gasteiger partial charge in [0, 0.05) is 6.42 Å². The summed E-state index contributed by atoms with van der Waals surface area (Å²) < 4.78 is 0. The highest BCUT2D eigenvalue weighted by Gasteiger charge is 2.26. The van der Waals surface area contributed by atoms with Gasteiger partial charge in [0.2, 0.25) is 5.91 Å². The van der Waals surface area contributed by atoms with E-state index in [0.29, 0.717) is 12.8 Å². The minimum Gasteiger partial charge on any atom is -0.394 e. The number of aliphatic hydroxyl groups is 3. The third-order valence-electron chi connectivity index (χ3n) is 7.38. The Bertz CT molecular complexity index is 563. The molecular formula is C33H63NO4. The molecule has 0 radical (unpaired) electrons. The van der Waals surface area contributed by atoms with E-state index in [1.54, 1.807) is 0 Å². The Labute approximate surface area is 235 Å². The number of hydrogen-bond donors (Lipinski definition) is 4. The Morgan fingerprint density at radius 3 is 1.66 bits per heavy atom. The molecule has 0 rings (SSSR count). The fourth-order valence-electron chi connectivity index (χ4n) is 4.83. The smallest absolute Gasteiger partial charge is 0.220 e. The molecule has 0 aromatic carbocycles. The van der Waals surface area contributed by atoms with E-state index < -0.39 is 18.2 Å². The Morgan fingerprint density at radius 2 is 1.16 bits per heavy atom. The molecule has 0 aliphatic rings. The maximum absolute atomic E-state index is 12.3. The zero-order valence-electron chi connectivity index (χ0n) is 25.1. The first-order valence-electron chi connectivity index (χ1n) is 16.1. The van der Waals surface area contributed by atoms with Gasteiger partial charge in [0.25, 0.3) is 0 Å². The fraction of sp³-hybridized carbons (Fsp3) is 0.848. The van der Waals surface area contributed by atoms with Crippen LogP contribution in [0, 0.1) is 0 Å². The monoisotopic (exact) mass is 537 g/mol. The zero-order valence-corrected chi connectivity index (χ0v) is 25.1. The summed E-state index contributed by atoms with van der Waals surface area (Å²) >= 11 is 0. The number of allylic oxidation sites excluding steroid dienone is 4. The van der Waals surface area contributed by atoms with Crippen LogP contribution >= 0.6 is 0 Å². The molecular weight excluding hydrogens is 474 g/mol. The predicted molar refractivity (Wildman–Crippen MR) is 162 cm³/mol. The van der Waals surface area contributed by atoms with E-state index in [4.69, 9.17) is 0 Å². The summed E-state index contributed by atoms with van der Waals surface area (Å²) in [6, 6.07) is -0.824. The van der Waals surface area contributed by atoms with Crippen LogP contribution in [0.1, 0.15) is 155 Å². The first-order chi connectivity index (χ1) is 18.6. The number of carbonyl (C=O) groups is 1. The second kappa shape index (κ2) is 28.8. The first kappa shape index (κ1) is 36.8. The molecule has 0 bridgehead atoms. The van der Waals surface area contributed by atoms with Crippen LogP contribution in [0.15, 0.2) is 24.3 Å². The first-order valence-corrected chi connectivity index (χ1v) is 16.1. The highest BCUT2D eigenvalue weighted by atomic mass is 16.3. The van der Waals surface area contributed by atoms with E-state index in [0.717, 1.165) is 44.9 Å². The molecule has 0 spiro atoms. The molecule has 0 fully saturated rings. The molecule has 3 unspecified atom stereocenters. The summed E-state index contributed by atoms with van der Waals surface area (Å²) in [5, 5.41) is 33.0. The van der Waals surface area contributed by atoms with Crippen LogP contribution in [0.4, 0.5) is 0 Å². The number of amides is 1. The normalized spacial score (nSPS) is 14.3. The zero-order chi connectivity index (χ0) is 28.1. The molecule has 1 amide bonds. The molecule has 0 aromatic rings. The van der Waals surface area contributed by atoms with E-state index in [1.165, 1.54) is 83.5 Å². The second-order valence-corrected chi connectivity index (χ2v) is 11.0. The summed E-state index contributed by atoms with van der Waals surface area (Å²) in [5.74, 6) is -0.162. The van der Waals surface area contributed by atoms with Gasteiger partial charge in [0.05, 0.1) is 18.8 Å². The van der Waals surface area contributed by atoms with Crippen LogP contribution in [0.5, 0.6) is 0 Å². The van der Waals surface area contributed by atoms with Crippen LogP contribution in [-0.2, 0) is 4.79 Å². The van der Waals surface area contributed by atoms with Gasteiger partial charge in [-0.2, -0.15) is 0 Å². The summed E-state index contributed by atoms with van der Waals surface area (Å²) in [5.41, 5.74) is 0. The summed E-state index contributed by atoms with van der Waals surface area (Å²) in [4.78, 5) is 12.3. The minimum atomic E-state index is -1.16. The molecule has 0 saturated heterocycles. The molecule has 3 atom stereocenters. The molecule has 5 nitrogen and oxygen atoms in total. The summed E-state index contributed by atoms with van der Waals surface area (Å²) in [6.45, 7) is 3.90. The molecule has 4 N–H and O–H groups in total. The standard InChI is InChI=1S/C33H63NO4/c1-3-5-7-9-11-13-14-15-16-17-18-19-20-22-24-26-28-32(37)34-30(29-35)33(38)31(36)27-25-23-21-12-10-8-6-4-2/h4,6,12,21,30-31,33,35-36,38H,3,5,7-11,13-20,22-29H2,1-2H3,(H,34,37)/b6-4+,21-12+. The fourth-order valence-corrected chi connectivity index (χ4v) is 4.83. The third kappa shape index (κ3) is 23.9. The lowest BCUT2D eigenvalue weighted by Gasteiger charge is -2.26. The van der Waals surface area contributed by atoms with E-state index in [2.05, 4.69) is 30.5 Å². The quantitative estimate of drug-likeness (QED) is 0.0603. The van der Waals surface area contributed by atoms with Crippen molar-refractivity contribution in [2.45, 2.75) is 173 Å². The number of rotatable bonds is 28. The highest BCUT2D eigenvalue weighted by molar-refractivity contribution is 5.76. The van der Waals surface area contributed by atoms with Gasteiger partial charge < -0.3 is 20.6 Å². The van der Waals surface area contributed by atoms with Crippen molar-refractivity contribution >= 4 is 5.91 Å². The Kier molecular flexibility index (Phi) is 27.9. The molecule has 38 heavy (non-hydrogen) atoms. The van der Waals surface area contributed by atoms with Crippen molar-refractivity contribution in [3.05, 3.63) is 24.3 Å². The van der Waals surface area contributed by atoms with Crippen molar-refractivity contribution in [1.29, 1.82) is 0 Å². The maximum atomic E-state index is 12.3. The van der Waals surface area contributed by atoms with Crippen molar-refractivity contribution in [3.63, 3.8) is 0 Å². The summed E-state index contributed by atoms with van der Waals surface area (Å²) in [7, 11) is 0. The van der Waals surface area contributed by atoms with Crippen LogP contribution in [-0.4, -0.2) is 46.1 Å². The van der Waals surface area contributed by atoms with Gasteiger partial charge in [-0.3, -0.25) is 4.79 Å². The number of carbonyl (C=O) groups excluding carboxylic acids is 1. The Balaban J connectivity index is 3.70. The maximum Gasteiger partial charge on any atom is 0.220 e. The van der Waals surface area contributed by atoms with Gasteiger partial charge in [-0.25, -0.2) is 0 Å². The lowest BCUT2D eigenvalue weighted by Crippen LogP contribution is -2.50. The van der Waals surface area contributed by atoms with Gasteiger partial charge in [-0.1, -0.05) is 128 Å².